The Kier molecular flexibility index (Phi) is 3.02. The van der Waals surface area contributed by atoms with E-state index >= 15 is 0 Å². The molecule has 0 bridgehead atoms. The molecule has 0 aliphatic heterocycles. The number of nitrogens with one attached hydrogen (secondary N) is 2. The molecule has 0 fully saturated rings. The maximum Gasteiger partial charge on any atom is 0.199 e. The van der Waals surface area contributed by atoms with Gasteiger partial charge in [0.2, 0.25) is 0 Å². The molecule has 6 heteroatoms. The molecular formula is C17H12BrN3O2. The van der Waals surface area contributed by atoms with Gasteiger partial charge in [0.25, 0.3) is 0 Å². The van der Waals surface area contributed by atoms with E-state index in [1.165, 1.54) is 0 Å². The third kappa shape index (κ3) is 2.06. The molecule has 2 aromatic carbocycles. The van der Waals surface area contributed by atoms with Crippen LogP contribution in [0.4, 0.5) is 5.69 Å². The van der Waals surface area contributed by atoms with Crippen LogP contribution >= 0.6 is 15.9 Å². The Morgan fingerprint density at radius 2 is 1.87 bits per heavy atom. The second kappa shape index (κ2) is 4.96. The van der Waals surface area contributed by atoms with Crippen molar-refractivity contribution >= 4 is 43.4 Å². The van der Waals surface area contributed by atoms with Crippen molar-refractivity contribution in [2.45, 2.75) is 6.92 Å². The zero-order valence-corrected chi connectivity index (χ0v) is 13.7. The number of rotatable bonds is 2. The SMILES string of the molecule is Cc1ccc2[nH]c(-c3c(O)[nH]c4cc(Br)ccc34)c(N=O)c2c1. The van der Waals surface area contributed by atoms with Crippen LogP contribution in [0.2, 0.25) is 0 Å². The number of hydrogen-bond donors (Lipinski definition) is 3. The Morgan fingerprint density at radius 1 is 1.04 bits per heavy atom. The van der Waals surface area contributed by atoms with E-state index in [4.69, 9.17) is 0 Å². The van der Waals surface area contributed by atoms with E-state index in [-0.39, 0.29) is 5.88 Å². The van der Waals surface area contributed by atoms with Crippen LogP contribution < -0.4 is 0 Å². The van der Waals surface area contributed by atoms with Crippen LogP contribution in [0.25, 0.3) is 33.1 Å². The second-order valence-corrected chi connectivity index (χ2v) is 6.44. The van der Waals surface area contributed by atoms with Crippen molar-refractivity contribution < 1.29 is 5.11 Å². The van der Waals surface area contributed by atoms with Crippen LogP contribution in [0.1, 0.15) is 5.56 Å². The van der Waals surface area contributed by atoms with Gasteiger partial charge in [-0.3, -0.25) is 0 Å². The molecule has 0 amide bonds. The van der Waals surface area contributed by atoms with E-state index in [0.717, 1.165) is 31.8 Å². The fraction of sp³-hybridized carbons (Fsp3) is 0.0588. The number of fused-ring (bicyclic) bond motifs is 2. The number of aromatic hydroxyl groups is 1. The van der Waals surface area contributed by atoms with Crippen LogP contribution in [0.5, 0.6) is 5.88 Å². The summed E-state index contributed by atoms with van der Waals surface area (Å²) in [4.78, 5) is 17.6. The van der Waals surface area contributed by atoms with Crippen molar-refractivity contribution in [3.63, 3.8) is 0 Å². The molecular weight excluding hydrogens is 358 g/mol. The number of benzene rings is 2. The van der Waals surface area contributed by atoms with Crippen molar-refractivity contribution in [1.29, 1.82) is 0 Å². The summed E-state index contributed by atoms with van der Waals surface area (Å²) in [7, 11) is 0. The van der Waals surface area contributed by atoms with Gasteiger partial charge < -0.3 is 15.1 Å². The Labute approximate surface area is 139 Å². The summed E-state index contributed by atoms with van der Waals surface area (Å²) in [5, 5.41) is 15.1. The number of H-pyrrole nitrogens is 2. The Balaban J connectivity index is 2.10. The van der Waals surface area contributed by atoms with Gasteiger partial charge in [-0.15, -0.1) is 4.91 Å². The normalized spacial score (nSPS) is 11.4. The first-order valence-corrected chi connectivity index (χ1v) is 7.84. The highest BCUT2D eigenvalue weighted by Gasteiger charge is 2.21. The Morgan fingerprint density at radius 3 is 2.65 bits per heavy atom. The highest BCUT2D eigenvalue weighted by molar-refractivity contribution is 9.10. The van der Waals surface area contributed by atoms with E-state index in [1.807, 2.05) is 43.3 Å². The largest absolute Gasteiger partial charge is 0.494 e. The van der Waals surface area contributed by atoms with E-state index in [0.29, 0.717) is 16.9 Å². The summed E-state index contributed by atoms with van der Waals surface area (Å²) in [6.07, 6.45) is 0. The molecule has 3 N–H and O–H groups in total. The van der Waals surface area contributed by atoms with Crippen LogP contribution in [0.3, 0.4) is 0 Å². The standard InChI is InChI=1S/C17H12BrN3O2/c1-8-2-5-12-11(6-8)15(21-23)16(19-12)14-10-4-3-9(18)7-13(10)20-17(14)22/h2-7,19-20,22H,1H3. The van der Waals surface area contributed by atoms with Gasteiger partial charge in [0, 0.05) is 20.8 Å². The highest BCUT2D eigenvalue weighted by Crippen LogP contribution is 2.44. The minimum atomic E-state index is 0.00581. The molecule has 0 aliphatic rings. The third-order valence-electron chi connectivity index (χ3n) is 4.01. The highest BCUT2D eigenvalue weighted by atomic mass is 79.9. The van der Waals surface area contributed by atoms with Gasteiger partial charge in [0.1, 0.15) is 5.69 Å². The summed E-state index contributed by atoms with van der Waals surface area (Å²) in [5.41, 5.74) is 4.01. The number of hydrogen-bond acceptors (Lipinski definition) is 3. The van der Waals surface area contributed by atoms with Gasteiger partial charge in [-0.1, -0.05) is 33.6 Å². The fourth-order valence-corrected chi connectivity index (χ4v) is 3.34. The van der Waals surface area contributed by atoms with Crippen molar-refractivity contribution in [1.82, 2.24) is 9.97 Å². The Bertz CT molecular complexity index is 1080. The van der Waals surface area contributed by atoms with Crippen LogP contribution in [-0.4, -0.2) is 15.1 Å². The predicted molar refractivity (Wildman–Crippen MR) is 95.1 cm³/mol. The molecule has 0 saturated carbocycles. The van der Waals surface area contributed by atoms with E-state index in [9.17, 15) is 10.0 Å². The number of aryl methyl sites for hydroxylation is 1. The lowest BCUT2D eigenvalue weighted by Gasteiger charge is -1.99. The molecule has 0 radical (unpaired) electrons. The van der Waals surface area contributed by atoms with Crippen molar-refractivity contribution in [3.05, 3.63) is 51.3 Å². The molecule has 0 atom stereocenters. The molecule has 5 nitrogen and oxygen atoms in total. The first-order valence-electron chi connectivity index (χ1n) is 7.04. The smallest absolute Gasteiger partial charge is 0.199 e. The van der Waals surface area contributed by atoms with Gasteiger partial charge in [-0.05, 0) is 36.4 Å². The van der Waals surface area contributed by atoms with Gasteiger partial charge in [-0.25, -0.2) is 0 Å². The average Bonchev–Trinajstić information content (AvgIpc) is 3.02. The molecule has 0 saturated heterocycles. The number of nitroso groups, excluding NO2 is 1. The lowest BCUT2D eigenvalue weighted by atomic mass is 10.1. The van der Waals surface area contributed by atoms with Gasteiger partial charge in [0.05, 0.1) is 16.8 Å². The minimum Gasteiger partial charge on any atom is -0.494 e. The van der Waals surface area contributed by atoms with Crippen molar-refractivity contribution in [2.75, 3.05) is 0 Å². The summed E-state index contributed by atoms with van der Waals surface area (Å²) < 4.78 is 0.902. The molecule has 0 spiro atoms. The Hall–Kier alpha value is -2.60. The van der Waals surface area contributed by atoms with Crippen LogP contribution in [-0.2, 0) is 0 Å². The minimum absolute atomic E-state index is 0.00581. The van der Waals surface area contributed by atoms with Crippen LogP contribution in [0, 0.1) is 11.8 Å². The first-order chi connectivity index (χ1) is 11.1. The zero-order chi connectivity index (χ0) is 16.1. The van der Waals surface area contributed by atoms with Gasteiger partial charge >= 0.3 is 0 Å². The average molecular weight is 370 g/mol. The molecule has 0 unspecified atom stereocenters. The van der Waals surface area contributed by atoms with Gasteiger partial charge in [0.15, 0.2) is 5.88 Å². The molecule has 4 aromatic rings. The summed E-state index contributed by atoms with van der Waals surface area (Å²) in [6, 6.07) is 11.4. The zero-order valence-electron chi connectivity index (χ0n) is 12.1. The number of aromatic amines is 2. The first kappa shape index (κ1) is 14.0. The lowest BCUT2D eigenvalue weighted by molar-refractivity contribution is 0.460. The van der Waals surface area contributed by atoms with Crippen molar-refractivity contribution in [3.8, 4) is 17.1 Å². The van der Waals surface area contributed by atoms with Gasteiger partial charge in [-0.2, -0.15) is 0 Å². The summed E-state index contributed by atoms with van der Waals surface area (Å²) in [6.45, 7) is 1.96. The monoisotopic (exact) mass is 369 g/mol. The number of halogens is 1. The quantitative estimate of drug-likeness (QED) is 0.408. The molecule has 23 heavy (non-hydrogen) atoms. The predicted octanol–water partition coefficient (Wildman–Crippen LogP) is 5.49. The van der Waals surface area contributed by atoms with Crippen molar-refractivity contribution in [2.24, 2.45) is 5.18 Å². The maximum atomic E-state index is 11.4. The molecule has 4 rings (SSSR count). The fourth-order valence-electron chi connectivity index (χ4n) is 2.98. The molecule has 0 aliphatic carbocycles. The number of nitrogens with zero attached hydrogens (tertiary/aromatic N) is 1. The van der Waals surface area contributed by atoms with E-state index < -0.39 is 0 Å². The molecule has 114 valence electrons. The number of aromatic nitrogens is 2. The summed E-state index contributed by atoms with van der Waals surface area (Å²) in [5.74, 6) is 0.00581. The van der Waals surface area contributed by atoms with E-state index in [1.54, 1.807) is 0 Å². The summed E-state index contributed by atoms with van der Waals surface area (Å²) >= 11 is 3.41. The van der Waals surface area contributed by atoms with E-state index in [2.05, 4.69) is 31.1 Å². The third-order valence-corrected chi connectivity index (χ3v) is 4.50. The molecule has 2 heterocycles. The second-order valence-electron chi connectivity index (χ2n) is 5.53. The van der Waals surface area contributed by atoms with Crippen LogP contribution in [0.15, 0.2) is 46.0 Å². The lowest BCUT2D eigenvalue weighted by Crippen LogP contribution is -1.77. The topological polar surface area (TPSA) is 81.2 Å². The maximum absolute atomic E-state index is 11.4. The molecule has 2 aromatic heterocycles.